The van der Waals surface area contributed by atoms with Gasteiger partial charge in [-0.2, -0.15) is 13.2 Å². The van der Waals surface area contributed by atoms with E-state index < -0.39 is 11.7 Å². The van der Waals surface area contributed by atoms with E-state index in [1.165, 1.54) is 12.1 Å². The van der Waals surface area contributed by atoms with Gasteiger partial charge in [0, 0.05) is 5.88 Å². The Morgan fingerprint density at radius 1 is 1.18 bits per heavy atom. The van der Waals surface area contributed by atoms with Crippen molar-refractivity contribution in [3.8, 4) is 0 Å². The van der Waals surface area contributed by atoms with E-state index in [1.807, 2.05) is 0 Å². The zero-order valence-electron chi connectivity index (χ0n) is 9.36. The second-order valence-corrected chi connectivity index (χ2v) is 4.17. The van der Waals surface area contributed by atoms with E-state index in [4.69, 9.17) is 11.6 Å². The van der Waals surface area contributed by atoms with Gasteiger partial charge in [0.1, 0.15) is 0 Å². The molecule has 0 spiro atoms. The van der Waals surface area contributed by atoms with Gasteiger partial charge in [-0.15, -0.1) is 11.6 Å². The fourth-order valence-electron chi connectivity index (χ4n) is 1.61. The van der Waals surface area contributed by atoms with E-state index in [0.29, 0.717) is 17.9 Å². The largest absolute Gasteiger partial charge is 0.416 e. The summed E-state index contributed by atoms with van der Waals surface area (Å²) in [6.07, 6.45) is -2.24. The summed E-state index contributed by atoms with van der Waals surface area (Å²) in [6.45, 7) is 3.73. The van der Waals surface area contributed by atoms with Crippen molar-refractivity contribution < 1.29 is 13.2 Å². The summed E-state index contributed by atoms with van der Waals surface area (Å²) in [5.41, 5.74) is 0.0912. The summed E-state index contributed by atoms with van der Waals surface area (Å²) >= 11 is 5.53. The van der Waals surface area contributed by atoms with Gasteiger partial charge in [0.05, 0.1) is 5.56 Å². The Balaban J connectivity index is 2.86. The minimum absolute atomic E-state index is 0.189. The average Bonchev–Trinajstić information content (AvgIpc) is 2.28. The van der Waals surface area contributed by atoms with Gasteiger partial charge in [-0.1, -0.05) is 24.8 Å². The van der Waals surface area contributed by atoms with Crippen LogP contribution in [0.3, 0.4) is 0 Å². The number of hydrogen-bond acceptors (Lipinski definition) is 0. The maximum absolute atomic E-state index is 12.7. The van der Waals surface area contributed by atoms with Crippen molar-refractivity contribution in [3.63, 3.8) is 0 Å². The predicted molar refractivity (Wildman–Crippen MR) is 65.0 cm³/mol. The van der Waals surface area contributed by atoms with Crippen molar-refractivity contribution >= 4 is 17.2 Å². The summed E-state index contributed by atoms with van der Waals surface area (Å²) < 4.78 is 38.2. The van der Waals surface area contributed by atoms with E-state index >= 15 is 0 Å². The Morgan fingerprint density at radius 2 is 1.82 bits per heavy atom. The molecule has 1 aromatic carbocycles. The van der Waals surface area contributed by atoms with Crippen molar-refractivity contribution in [2.24, 2.45) is 0 Å². The summed E-state index contributed by atoms with van der Waals surface area (Å²) in [5, 5.41) is 0. The number of allylic oxidation sites excluding steroid dienone is 1. The van der Waals surface area contributed by atoms with Crippen LogP contribution >= 0.6 is 11.6 Å². The Kier molecular flexibility index (Phi) is 5.06. The molecule has 0 nitrogen and oxygen atoms in total. The topological polar surface area (TPSA) is 0 Å². The lowest BCUT2D eigenvalue weighted by Crippen LogP contribution is -2.08. The minimum atomic E-state index is -4.33. The molecule has 17 heavy (non-hydrogen) atoms. The zero-order chi connectivity index (χ0) is 12.9. The molecule has 0 aliphatic carbocycles. The maximum atomic E-state index is 12.7. The molecule has 0 saturated carbocycles. The monoisotopic (exact) mass is 262 g/mol. The van der Waals surface area contributed by atoms with E-state index in [2.05, 4.69) is 6.58 Å². The molecule has 0 amide bonds. The Labute approximate surface area is 104 Å². The van der Waals surface area contributed by atoms with E-state index in [1.54, 1.807) is 6.07 Å². The molecule has 4 heteroatoms. The molecule has 94 valence electrons. The molecule has 0 bridgehead atoms. The molecule has 0 radical (unpaired) electrons. The normalized spacial score (nSPS) is 11.5. The fraction of sp³-hybridized carbons (Fsp3) is 0.385. The number of benzene rings is 1. The van der Waals surface area contributed by atoms with Gasteiger partial charge in [-0.25, -0.2) is 0 Å². The first-order valence-corrected chi connectivity index (χ1v) is 5.90. The molecular weight excluding hydrogens is 249 g/mol. The molecule has 1 aromatic rings. The zero-order valence-corrected chi connectivity index (χ0v) is 10.1. The number of rotatable bonds is 5. The lowest BCUT2D eigenvalue weighted by molar-refractivity contribution is -0.137. The fourth-order valence-corrected chi connectivity index (χ4v) is 1.80. The lowest BCUT2D eigenvalue weighted by atomic mass is 9.97. The van der Waals surface area contributed by atoms with Crippen LogP contribution in [-0.2, 0) is 6.18 Å². The Bertz CT molecular complexity index is 382. The van der Waals surface area contributed by atoms with Gasteiger partial charge in [-0.3, -0.25) is 0 Å². The van der Waals surface area contributed by atoms with Crippen LogP contribution in [0.1, 0.15) is 30.4 Å². The van der Waals surface area contributed by atoms with Crippen molar-refractivity contribution in [1.29, 1.82) is 0 Å². The van der Waals surface area contributed by atoms with Crippen molar-refractivity contribution in [3.05, 3.63) is 42.0 Å². The van der Waals surface area contributed by atoms with Gasteiger partial charge in [-0.05, 0) is 36.5 Å². The molecule has 0 saturated heterocycles. The van der Waals surface area contributed by atoms with Gasteiger partial charge in [0.25, 0.3) is 0 Å². The van der Waals surface area contributed by atoms with E-state index in [0.717, 1.165) is 18.9 Å². The smallest absolute Gasteiger partial charge is 0.166 e. The maximum Gasteiger partial charge on any atom is 0.416 e. The van der Waals surface area contributed by atoms with Crippen molar-refractivity contribution in [2.45, 2.75) is 25.4 Å². The number of hydrogen-bond donors (Lipinski definition) is 0. The van der Waals surface area contributed by atoms with Gasteiger partial charge < -0.3 is 0 Å². The third kappa shape index (κ3) is 4.08. The molecular formula is C13H14ClF3. The minimum Gasteiger partial charge on any atom is -0.166 e. The van der Waals surface area contributed by atoms with Crippen LogP contribution < -0.4 is 0 Å². The van der Waals surface area contributed by atoms with E-state index in [-0.39, 0.29) is 5.56 Å². The summed E-state index contributed by atoms with van der Waals surface area (Å²) in [4.78, 5) is 0. The Morgan fingerprint density at radius 3 is 2.41 bits per heavy atom. The molecule has 0 unspecified atom stereocenters. The van der Waals surface area contributed by atoms with Crippen LogP contribution in [0.4, 0.5) is 13.2 Å². The summed E-state index contributed by atoms with van der Waals surface area (Å²) in [5.74, 6) is 0.522. The molecule has 0 aliphatic heterocycles. The first-order chi connectivity index (χ1) is 7.96. The van der Waals surface area contributed by atoms with Crippen LogP contribution in [0.5, 0.6) is 0 Å². The van der Waals surface area contributed by atoms with Crippen LogP contribution in [0, 0.1) is 0 Å². The van der Waals surface area contributed by atoms with E-state index in [9.17, 15) is 13.2 Å². The lowest BCUT2D eigenvalue weighted by Gasteiger charge is -2.14. The highest BCUT2D eigenvalue weighted by molar-refractivity contribution is 6.17. The highest BCUT2D eigenvalue weighted by Gasteiger charge is 2.33. The van der Waals surface area contributed by atoms with Gasteiger partial charge in [0.15, 0.2) is 0 Å². The SMILES string of the molecule is C=C(CCCCCl)c1ccccc1C(F)(F)F. The summed E-state index contributed by atoms with van der Waals surface area (Å²) in [7, 11) is 0. The average molecular weight is 263 g/mol. The quantitative estimate of drug-likeness (QED) is 0.510. The van der Waals surface area contributed by atoms with Crippen molar-refractivity contribution in [2.75, 3.05) is 5.88 Å². The third-order valence-electron chi connectivity index (χ3n) is 2.48. The number of halogens is 4. The first-order valence-electron chi connectivity index (χ1n) is 5.37. The predicted octanol–water partition coefficient (Wildman–Crippen LogP) is 5.13. The van der Waals surface area contributed by atoms with Crippen molar-refractivity contribution in [1.82, 2.24) is 0 Å². The van der Waals surface area contributed by atoms with Crippen LogP contribution in [-0.4, -0.2) is 5.88 Å². The second-order valence-electron chi connectivity index (χ2n) is 3.79. The highest BCUT2D eigenvalue weighted by Crippen LogP contribution is 2.35. The van der Waals surface area contributed by atoms with Crippen LogP contribution in [0.25, 0.3) is 5.57 Å². The molecule has 1 rings (SSSR count). The first kappa shape index (κ1) is 14.1. The second kappa shape index (κ2) is 6.10. The van der Waals surface area contributed by atoms with Gasteiger partial charge in [0.2, 0.25) is 0 Å². The molecule has 0 N–H and O–H groups in total. The number of unbranched alkanes of at least 4 members (excludes halogenated alkanes) is 1. The third-order valence-corrected chi connectivity index (χ3v) is 2.74. The molecule has 0 aliphatic rings. The standard InChI is InChI=1S/C13H14ClF3/c1-10(6-4-5-9-14)11-7-2-3-8-12(11)13(15,16)17/h2-3,7-8H,1,4-6,9H2. The Hall–Kier alpha value is -0.960. The van der Waals surface area contributed by atoms with Crippen LogP contribution in [0.2, 0.25) is 0 Å². The van der Waals surface area contributed by atoms with Gasteiger partial charge >= 0.3 is 6.18 Å². The molecule has 0 aromatic heterocycles. The molecule has 0 fully saturated rings. The van der Waals surface area contributed by atoms with Crippen LogP contribution in [0.15, 0.2) is 30.8 Å². The molecule has 0 atom stereocenters. The number of alkyl halides is 4. The summed E-state index contributed by atoms with van der Waals surface area (Å²) in [6, 6.07) is 5.53. The highest BCUT2D eigenvalue weighted by atomic mass is 35.5. The molecule has 0 heterocycles.